The highest BCUT2D eigenvalue weighted by atomic mass is 19.1. The molecular weight excluding hydrogens is 452 g/mol. The second kappa shape index (κ2) is 8.91. The Morgan fingerprint density at radius 3 is 2.54 bits per heavy atom. The maximum absolute atomic E-state index is 13.9. The van der Waals surface area contributed by atoms with Gasteiger partial charge in [0.2, 0.25) is 5.78 Å². The molecule has 0 aliphatic carbocycles. The third kappa shape index (κ3) is 4.03. The Hall–Kier alpha value is -4.13. The minimum Gasteiger partial charge on any atom is -0.497 e. The van der Waals surface area contributed by atoms with Gasteiger partial charge in [-0.05, 0) is 61.9 Å². The van der Waals surface area contributed by atoms with Crippen molar-refractivity contribution in [2.24, 2.45) is 0 Å². The first-order chi connectivity index (χ1) is 16.9. The van der Waals surface area contributed by atoms with Crippen molar-refractivity contribution in [3.05, 3.63) is 94.4 Å². The second-order valence-corrected chi connectivity index (χ2v) is 8.30. The number of aromatic nitrogens is 1. The molecule has 35 heavy (non-hydrogen) atoms. The van der Waals surface area contributed by atoms with Gasteiger partial charge in [-0.2, -0.15) is 0 Å². The van der Waals surface area contributed by atoms with Gasteiger partial charge in [-0.25, -0.2) is 8.78 Å². The van der Waals surface area contributed by atoms with Crippen LogP contribution < -0.4 is 14.2 Å². The monoisotopic (exact) mass is 475 g/mol. The van der Waals surface area contributed by atoms with E-state index in [0.29, 0.717) is 22.6 Å². The smallest absolute Gasteiger partial charge is 0.232 e. The normalized spacial score (nSPS) is 13.9. The number of carbonyl (C=O) groups is 1. The van der Waals surface area contributed by atoms with E-state index < -0.39 is 11.6 Å². The highest BCUT2D eigenvalue weighted by molar-refractivity contribution is 6.16. The average molecular weight is 475 g/mol. The van der Waals surface area contributed by atoms with Crippen molar-refractivity contribution >= 4 is 22.8 Å². The van der Waals surface area contributed by atoms with Crippen molar-refractivity contribution in [3.63, 3.8) is 0 Å². The van der Waals surface area contributed by atoms with Crippen LogP contribution in [0.4, 0.5) is 8.78 Å². The third-order valence-electron chi connectivity index (χ3n) is 6.13. The van der Waals surface area contributed by atoms with Crippen LogP contribution in [0, 0.1) is 18.6 Å². The summed E-state index contributed by atoms with van der Waals surface area (Å²) in [4.78, 5) is 13.2. The first kappa shape index (κ1) is 22.7. The molecule has 0 atom stereocenters. The van der Waals surface area contributed by atoms with Crippen LogP contribution in [0.15, 0.2) is 60.5 Å². The summed E-state index contributed by atoms with van der Waals surface area (Å²) in [7, 11) is 1.61. The zero-order valence-corrected chi connectivity index (χ0v) is 19.5. The highest BCUT2D eigenvalue weighted by Crippen LogP contribution is 2.38. The number of allylic oxidation sites excluding steroid dienone is 1. The number of ketones is 1. The molecule has 0 saturated heterocycles. The van der Waals surface area contributed by atoms with E-state index in [0.717, 1.165) is 28.8 Å². The highest BCUT2D eigenvalue weighted by Gasteiger charge is 2.30. The predicted octanol–water partition coefficient (Wildman–Crippen LogP) is 6.45. The zero-order valence-electron chi connectivity index (χ0n) is 19.5. The van der Waals surface area contributed by atoms with Crippen LogP contribution >= 0.6 is 0 Å². The SMILES string of the molecule is CCn1cc(/C=C2\Oc3cc(OCc4c(F)cccc4F)cc(C)c3C2=O)c2cc(OC)ccc21. The van der Waals surface area contributed by atoms with Gasteiger partial charge in [0, 0.05) is 35.3 Å². The van der Waals surface area contributed by atoms with Crippen molar-refractivity contribution in [1.29, 1.82) is 0 Å². The summed E-state index contributed by atoms with van der Waals surface area (Å²) in [6, 6.07) is 12.7. The lowest BCUT2D eigenvalue weighted by Gasteiger charge is -2.10. The molecule has 0 radical (unpaired) electrons. The van der Waals surface area contributed by atoms with Gasteiger partial charge < -0.3 is 18.8 Å². The molecule has 1 aliphatic rings. The zero-order chi connectivity index (χ0) is 24.7. The largest absolute Gasteiger partial charge is 0.497 e. The van der Waals surface area contributed by atoms with Gasteiger partial charge >= 0.3 is 0 Å². The number of methoxy groups -OCH3 is 1. The van der Waals surface area contributed by atoms with E-state index in [4.69, 9.17) is 14.2 Å². The maximum atomic E-state index is 13.9. The summed E-state index contributed by atoms with van der Waals surface area (Å²) in [5, 5.41) is 0.943. The molecule has 1 aliphatic heterocycles. The van der Waals surface area contributed by atoms with Crippen molar-refractivity contribution in [2.75, 3.05) is 7.11 Å². The van der Waals surface area contributed by atoms with Gasteiger partial charge in [-0.1, -0.05) is 6.07 Å². The number of carbonyl (C=O) groups excluding carboxylic acids is 1. The Morgan fingerprint density at radius 2 is 1.83 bits per heavy atom. The lowest BCUT2D eigenvalue weighted by Crippen LogP contribution is -2.02. The Morgan fingerprint density at radius 1 is 1.06 bits per heavy atom. The van der Waals surface area contributed by atoms with Gasteiger partial charge in [-0.15, -0.1) is 0 Å². The second-order valence-electron chi connectivity index (χ2n) is 8.30. The Labute approximate surface area is 201 Å². The molecular formula is C28H23F2NO4. The number of hydrogen-bond acceptors (Lipinski definition) is 4. The number of aryl methyl sites for hydroxylation is 2. The number of Topliss-reactive ketones (excluding diaryl/α,β-unsaturated/α-hetero) is 1. The molecule has 0 bridgehead atoms. The minimum absolute atomic E-state index is 0.161. The fraction of sp³-hybridized carbons (Fsp3) is 0.179. The van der Waals surface area contributed by atoms with Gasteiger partial charge in [0.15, 0.2) is 5.76 Å². The van der Waals surface area contributed by atoms with Crippen LogP contribution in [-0.4, -0.2) is 17.5 Å². The van der Waals surface area contributed by atoms with Gasteiger partial charge in [0.05, 0.1) is 18.2 Å². The number of nitrogens with zero attached hydrogens (tertiary/aromatic N) is 1. The number of ether oxygens (including phenoxy) is 3. The standard InChI is InChI=1S/C28H23F2NO4/c1-4-31-14-17(20-12-18(33-3)8-9-24(20)31)11-26-28(32)27-16(2)10-19(13-25(27)35-26)34-15-21-22(29)6-5-7-23(21)30/h5-14H,4,15H2,1-3H3/b26-11-. The molecule has 0 spiro atoms. The van der Waals surface area contributed by atoms with E-state index in [1.54, 1.807) is 32.2 Å². The quantitative estimate of drug-likeness (QED) is 0.301. The summed E-state index contributed by atoms with van der Waals surface area (Å²) >= 11 is 0. The fourth-order valence-corrected chi connectivity index (χ4v) is 4.34. The molecule has 3 aromatic carbocycles. The van der Waals surface area contributed by atoms with E-state index >= 15 is 0 Å². The number of hydrogen-bond donors (Lipinski definition) is 0. The summed E-state index contributed by atoms with van der Waals surface area (Å²) in [6.45, 7) is 4.30. The van der Waals surface area contributed by atoms with Gasteiger partial charge in [0.25, 0.3) is 0 Å². The molecule has 4 aromatic rings. The summed E-state index contributed by atoms with van der Waals surface area (Å²) in [5.74, 6) is 0.0249. The van der Waals surface area contributed by atoms with Gasteiger partial charge in [0.1, 0.15) is 35.5 Å². The molecule has 2 heterocycles. The topological polar surface area (TPSA) is 49.7 Å². The number of benzene rings is 3. The number of rotatable bonds is 6. The molecule has 0 saturated carbocycles. The van der Waals surface area contributed by atoms with Crippen molar-refractivity contribution < 1.29 is 27.8 Å². The molecule has 5 rings (SSSR count). The average Bonchev–Trinajstić information content (AvgIpc) is 3.35. The molecule has 0 amide bonds. The van der Waals surface area contributed by atoms with E-state index in [1.807, 2.05) is 31.3 Å². The van der Waals surface area contributed by atoms with Crippen LogP contribution in [0.2, 0.25) is 0 Å². The molecule has 0 unspecified atom stereocenters. The Bertz CT molecular complexity index is 1480. The summed E-state index contributed by atoms with van der Waals surface area (Å²) < 4.78 is 46.9. The van der Waals surface area contributed by atoms with Gasteiger partial charge in [-0.3, -0.25) is 4.79 Å². The van der Waals surface area contributed by atoms with Crippen LogP contribution in [0.5, 0.6) is 17.2 Å². The van der Waals surface area contributed by atoms with Crippen LogP contribution in [0.1, 0.15) is 34.0 Å². The van der Waals surface area contributed by atoms with E-state index in [-0.39, 0.29) is 23.7 Å². The van der Waals surface area contributed by atoms with Crippen LogP contribution in [0.25, 0.3) is 17.0 Å². The first-order valence-electron chi connectivity index (χ1n) is 11.2. The van der Waals surface area contributed by atoms with Crippen LogP contribution in [0.3, 0.4) is 0 Å². The molecule has 1 aromatic heterocycles. The minimum atomic E-state index is -0.678. The molecule has 0 fully saturated rings. The first-order valence-corrected chi connectivity index (χ1v) is 11.2. The maximum Gasteiger partial charge on any atom is 0.232 e. The van der Waals surface area contributed by atoms with Crippen molar-refractivity contribution in [1.82, 2.24) is 4.57 Å². The Balaban J connectivity index is 1.46. The number of fused-ring (bicyclic) bond motifs is 2. The third-order valence-corrected chi connectivity index (χ3v) is 6.13. The van der Waals surface area contributed by atoms with E-state index in [1.165, 1.54) is 18.2 Å². The molecule has 0 N–H and O–H groups in total. The lowest BCUT2D eigenvalue weighted by atomic mass is 10.0. The summed E-state index contributed by atoms with van der Waals surface area (Å²) in [6.07, 6.45) is 3.70. The van der Waals surface area contributed by atoms with Crippen molar-refractivity contribution in [3.8, 4) is 17.2 Å². The molecule has 178 valence electrons. The lowest BCUT2D eigenvalue weighted by molar-refractivity contribution is 0.101. The van der Waals surface area contributed by atoms with E-state index in [2.05, 4.69) is 4.57 Å². The van der Waals surface area contributed by atoms with Crippen LogP contribution in [-0.2, 0) is 13.2 Å². The number of halogens is 2. The fourth-order valence-electron chi connectivity index (χ4n) is 4.34. The molecule has 7 heteroatoms. The van der Waals surface area contributed by atoms with E-state index in [9.17, 15) is 13.6 Å². The molecule has 5 nitrogen and oxygen atoms in total. The predicted molar refractivity (Wildman–Crippen MR) is 129 cm³/mol. The summed E-state index contributed by atoms with van der Waals surface area (Å²) in [5.41, 5.74) is 2.79. The Kier molecular flexibility index (Phi) is 5.76. The van der Waals surface area contributed by atoms with Crippen molar-refractivity contribution in [2.45, 2.75) is 27.0 Å².